The van der Waals surface area contributed by atoms with Gasteiger partial charge in [-0.2, -0.15) is 0 Å². The van der Waals surface area contributed by atoms with Crippen LogP contribution in [0.5, 0.6) is 5.88 Å². The quantitative estimate of drug-likeness (QED) is 0.604. The first kappa shape index (κ1) is 16.8. The molecule has 0 aliphatic rings. The molecule has 0 fully saturated rings. The van der Waals surface area contributed by atoms with E-state index in [0.29, 0.717) is 0 Å². The van der Waals surface area contributed by atoms with Crippen molar-refractivity contribution in [2.45, 2.75) is 64.6 Å². The highest BCUT2D eigenvalue weighted by Crippen LogP contribution is 2.32. The van der Waals surface area contributed by atoms with Crippen LogP contribution >= 0.6 is 0 Å². The molecule has 0 saturated heterocycles. The summed E-state index contributed by atoms with van der Waals surface area (Å²) in [5.41, 5.74) is 3.11. The zero-order valence-corrected chi connectivity index (χ0v) is 13.5. The molecule has 0 amide bonds. The van der Waals surface area contributed by atoms with Crippen molar-refractivity contribution in [2.24, 2.45) is 0 Å². The van der Waals surface area contributed by atoms with Crippen molar-refractivity contribution in [1.29, 1.82) is 0 Å². The van der Waals surface area contributed by atoms with Gasteiger partial charge in [-0.15, -0.1) is 0 Å². The first-order valence-electron chi connectivity index (χ1n) is 8.16. The molecule has 1 heterocycles. The van der Waals surface area contributed by atoms with Gasteiger partial charge in [-0.1, -0.05) is 12.1 Å². The first-order valence-corrected chi connectivity index (χ1v) is 8.16. The third-order valence-electron chi connectivity index (χ3n) is 4.11. The Hall–Kier alpha value is -1.52. The molecular formula is C18H27NO3. The topological polar surface area (TPSA) is 76.5 Å². The largest absolute Gasteiger partial charge is 0.494 e. The number of benzene rings is 1. The number of aliphatic hydroxyl groups excluding tert-OH is 2. The molecule has 4 N–H and O–H groups in total. The SMILES string of the molecule is CC(O)CCCc1cccc2[nH]c(O)c(CCCC(C)O)c12. The molecule has 0 bridgehead atoms. The van der Waals surface area contributed by atoms with E-state index < -0.39 is 0 Å². The number of aromatic hydroxyl groups is 1. The Balaban J connectivity index is 2.20. The number of fused-ring (bicyclic) bond motifs is 1. The maximum Gasteiger partial charge on any atom is 0.192 e. The zero-order valence-electron chi connectivity index (χ0n) is 13.5. The van der Waals surface area contributed by atoms with Gasteiger partial charge in [0.1, 0.15) is 0 Å². The van der Waals surface area contributed by atoms with Crippen LogP contribution in [0.25, 0.3) is 10.9 Å². The standard InChI is InChI=1S/C18H27NO3/c1-12(20)6-3-8-14-9-5-11-16-17(14)15(18(22)19-16)10-4-7-13(2)21/h5,9,11-13,19-22H,3-4,6-8,10H2,1-2H3. The molecule has 2 rings (SSSR count). The minimum absolute atomic E-state index is 0.239. The van der Waals surface area contributed by atoms with Crippen molar-refractivity contribution < 1.29 is 15.3 Å². The van der Waals surface area contributed by atoms with E-state index in [-0.39, 0.29) is 18.1 Å². The normalized spacial score (nSPS) is 14.4. The molecule has 1 aromatic heterocycles. The molecule has 0 saturated carbocycles. The van der Waals surface area contributed by atoms with Crippen LogP contribution in [0.4, 0.5) is 0 Å². The van der Waals surface area contributed by atoms with E-state index in [1.165, 1.54) is 5.56 Å². The molecule has 0 aliphatic carbocycles. The van der Waals surface area contributed by atoms with E-state index in [4.69, 9.17) is 0 Å². The number of aromatic nitrogens is 1. The van der Waals surface area contributed by atoms with Gasteiger partial charge >= 0.3 is 0 Å². The molecule has 4 nitrogen and oxygen atoms in total. The lowest BCUT2D eigenvalue weighted by Crippen LogP contribution is -2.01. The lowest BCUT2D eigenvalue weighted by molar-refractivity contribution is 0.181. The van der Waals surface area contributed by atoms with Crippen molar-refractivity contribution in [1.82, 2.24) is 4.98 Å². The van der Waals surface area contributed by atoms with Crippen LogP contribution in [0.2, 0.25) is 0 Å². The number of rotatable bonds is 8. The number of nitrogens with one attached hydrogen (secondary N) is 1. The molecule has 0 radical (unpaired) electrons. The summed E-state index contributed by atoms with van der Waals surface area (Å²) in [7, 11) is 0. The number of hydrogen-bond donors (Lipinski definition) is 4. The fraction of sp³-hybridized carbons (Fsp3) is 0.556. The lowest BCUT2D eigenvalue weighted by Gasteiger charge is -2.08. The van der Waals surface area contributed by atoms with E-state index in [0.717, 1.165) is 55.0 Å². The Kier molecular flexibility index (Phi) is 5.86. The maximum absolute atomic E-state index is 10.2. The molecule has 0 spiro atoms. The molecule has 22 heavy (non-hydrogen) atoms. The Bertz CT molecular complexity index is 602. The summed E-state index contributed by atoms with van der Waals surface area (Å²) in [5.74, 6) is 0.239. The van der Waals surface area contributed by atoms with Crippen molar-refractivity contribution >= 4 is 10.9 Å². The number of aryl methyl sites for hydroxylation is 2. The fourth-order valence-corrected chi connectivity index (χ4v) is 3.00. The Morgan fingerprint density at radius 1 is 1.00 bits per heavy atom. The summed E-state index contributed by atoms with van der Waals surface area (Å²) in [6.07, 6.45) is 4.35. The van der Waals surface area contributed by atoms with Gasteiger partial charge in [0.2, 0.25) is 0 Å². The first-order chi connectivity index (χ1) is 10.5. The zero-order chi connectivity index (χ0) is 16.1. The van der Waals surface area contributed by atoms with Crippen molar-refractivity contribution in [2.75, 3.05) is 0 Å². The van der Waals surface area contributed by atoms with Crippen molar-refractivity contribution in [3.05, 3.63) is 29.3 Å². The van der Waals surface area contributed by atoms with Crippen LogP contribution in [0.15, 0.2) is 18.2 Å². The Morgan fingerprint density at radius 3 is 2.27 bits per heavy atom. The highest BCUT2D eigenvalue weighted by atomic mass is 16.3. The molecule has 122 valence electrons. The number of hydrogen-bond acceptors (Lipinski definition) is 3. The fourth-order valence-electron chi connectivity index (χ4n) is 3.00. The molecule has 2 atom stereocenters. The second kappa shape index (κ2) is 7.65. The van der Waals surface area contributed by atoms with Crippen LogP contribution in [-0.2, 0) is 12.8 Å². The van der Waals surface area contributed by atoms with Crippen molar-refractivity contribution in [3.8, 4) is 5.88 Å². The minimum Gasteiger partial charge on any atom is -0.494 e. The number of aliphatic hydroxyl groups is 2. The summed E-state index contributed by atoms with van der Waals surface area (Å²) >= 11 is 0. The second-order valence-corrected chi connectivity index (χ2v) is 6.27. The summed E-state index contributed by atoms with van der Waals surface area (Å²) in [6.45, 7) is 3.60. The molecule has 0 aliphatic heterocycles. The molecule has 2 aromatic rings. The van der Waals surface area contributed by atoms with Gasteiger partial charge in [-0.3, -0.25) is 0 Å². The maximum atomic E-state index is 10.2. The van der Waals surface area contributed by atoms with Crippen LogP contribution in [0.1, 0.15) is 50.7 Å². The second-order valence-electron chi connectivity index (χ2n) is 6.27. The Labute approximate surface area is 131 Å². The highest BCUT2D eigenvalue weighted by molar-refractivity contribution is 5.89. The van der Waals surface area contributed by atoms with Gasteiger partial charge in [0.15, 0.2) is 5.88 Å². The number of aromatic amines is 1. The summed E-state index contributed by atoms with van der Waals surface area (Å²) in [4.78, 5) is 3.05. The Morgan fingerprint density at radius 2 is 1.64 bits per heavy atom. The summed E-state index contributed by atoms with van der Waals surface area (Å²) in [5, 5.41) is 30.1. The minimum atomic E-state index is -0.308. The highest BCUT2D eigenvalue weighted by Gasteiger charge is 2.14. The van der Waals surface area contributed by atoms with Crippen LogP contribution in [0.3, 0.4) is 0 Å². The average Bonchev–Trinajstić information content (AvgIpc) is 2.75. The molecule has 2 unspecified atom stereocenters. The predicted octanol–water partition coefficient (Wildman–Crippen LogP) is 3.28. The van der Waals surface area contributed by atoms with E-state index in [1.807, 2.05) is 19.1 Å². The van der Waals surface area contributed by atoms with E-state index in [2.05, 4.69) is 11.1 Å². The number of H-pyrrole nitrogens is 1. The van der Waals surface area contributed by atoms with Gasteiger partial charge in [-0.25, -0.2) is 0 Å². The van der Waals surface area contributed by atoms with Crippen LogP contribution in [-0.4, -0.2) is 32.5 Å². The van der Waals surface area contributed by atoms with Gasteiger partial charge in [0.05, 0.1) is 12.2 Å². The third kappa shape index (κ3) is 4.24. The average molecular weight is 305 g/mol. The van der Waals surface area contributed by atoms with Crippen LogP contribution in [0, 0.1) is 0 Å². The van der Waals surface area contributed by atoms with Gasteiger partial charge in [-0.05, 0) is 64.0 Å². The van der Waals surface area contributed by atoms with E-state index in [1.54, 1.807) is 6.92 Å². The van der Waals surface area contributed by atoms with Gasteiger partial charge in [0.25, 0.3) is 0 Å². The van der Waals surface area contributed by atoms with E-state index >= 15 is 0 Å². The summed E-state index contributed by atoms with van der Waals surface area (Å²) in [6, 6.07) is 6.07. The van der Waals surface area contributed by atoms with Crippen LogP contribution < -0.4 is 0 Å². The smallest absolute Gasteiger partial charge is 0.192 e. The molecule has 4 heteroatoms. The lowest BCUT2D eigenvalue weighted by atomic mass is 9.97. The monoisotopic (exact) mass is 305 g/mol. The van der Waals surface area contributed by atoms with Gasteiger partial charge < -0.3 is 20.3 Å². The third-order valence-corrected chi connectivity index (χ3v) is 4.11. The summed E-state index contributed by atoms with van der Waals surface area (Å²) < 4.78 is 0. The predicted molar refractivity (Wildman–Crippen MR) is 89.2 cm³/mol. The molecule has 1 aromatic carbocycles. The van der Waals surface area contributed by atoms with E-state index in [9.17, 15) is 15.3 Å². The van der Waals surface area contributed by atoms with Crippen molar-refractivity contribution in [3.63, 3.8) is 0 Å². The van der Waals surface area contributed by atoms with Gasteiger partial charge in [0, 0.05) is 16.5 Å². The molecular weight excluding hydrogens is 278 g/mol.